The molecule has 0 saturated carbocycles. The lowest BCUT2D eigenvalue weighted by Gasteiger charge is -2.34. The zero-order valence-corrected chi connectivity index (χ0v) is 21.2. The van der Waals surface area contributed by atoms with Crippen LogP contribution in [0, 0.1) is 5.92 Å². The number of aromatic amines is 2. The van der Waals surface area contributed by atoms with Crippen LogP contribution in [0.3, 0.4) is 0 Å². The second-order valence-corrected chi connectivity index (χ2v) is 10.8. The molecule has 4 heterocycles. The van der Waals surface area contributed by atoms with E-state index < -0.39 is 0 Å². The molecule has 0 amide bonds. The first kappa shape index (κ1) is 23.1. The van der Waals surface area contributed by atoms with E-state index in [4.69, 9.17) is 0 Å². The maximum atomic E-state index is 4.43. The molecule has 180 valence electrons. The number of piperidine rings is 1. The largest absolute Gasteiger partial charge is 0.354 e. The molecule has 1 aliphatic rings. The minimum Gasteiger partial charge on any atom is -0.354 e. The van der Waals surface area contributed by atoms with E-state index in [2.05, 4.69) is 89.1 Å². The highest BCUT2D eigenvalue weighted by atomic mass is 15.1. The maximum Gasteiger partial charge on any atom is 0.155 e. The van der Waals surface area contributed by atoms with Crippen molar-refractivity contribution in [1.29, 1.82) is 0 Å². The zero-order valence-electron chi connectivity index (χ0n) is 21.2. The fraction of sp³-hybridized carbons (Fsp3) is 0.500. The smallest absolute Gasteiger partial charge is 0.155 e. The van der Waals surface area contributed by atoms with Crippen molar-refractivity contribution in [1.82, 2.24) is 30.0 Å². The molecule has 1 aromatic carbocycles. The highest BCUT2D eigenvalue weighted by molar-refractivity contribution is 5.98. The number of nitrogens with zero attached hydrogens (tertiary/aromatic N) is 4. The molecular weight excluding hydrogens is 420 g/mol. The molecule has 0 radical (unpaired) electrons. The molecule has 6 nitrogen and oxygen atoms in total. The molecule has 1 aliphatic heterocycles. The summed E-state index contributed by atoms with van der Waals surface area (Å²) in [6, 6.07) is 9.21. The summed E-state index contributed by atoms with van der Waals surface area (Å²) < 4.78 is 0. The van der Waals surface area contributed by atoms with Gasteiger partial charge >= 0.3 is 0 Å². The Bertz CT molecular complexity index is 1260. The third-order valence-electron chi connectivity index (χ3n) is 7.37. The summed E-state index contributed by atoms with van der Waals surface area (Å²) in [4.78, 5) is 13.1. The van der Waals surface area contributed by atoms with Crippen LogP contribution in [-0.2, 0) is 0 Å². The first-order valence-electron chi connectivity index (χ1n) is 12.7. The van der Waals surface area contributed by atoms with Gasteiger partial charge in [0.1, 0.15) is 0 Å². The van der Waals surface area contributed by atoms with Crippen molar-refractivity contribution in [3.8, 4) is 11.3 Å². The van der Waals surface area contributed by atoms with Crippen molar-refractivity contribution in [2.45, 2.75) is 45.4 Å². The van der Waals surface area contributed by atoms with Crippen LogP contribution in [-0.4, -0.2) is 70.2 Å². The highest BCUT2D eigenvalue weighted by Crippen LogP contribution is 2.39. The van der Waals surface area contributed by atoms with Crippen LogP contribution < -0.4 is 0 Å². The topological polar surface area (TPSA) is 63.8 Å². The van der Waals surface area contributed by atoms with Crippen LogP contribution in [0.2, 0.25) is 0 Å². The van der Waals surface area contributed by atoms with Gasteiger partial charge in [-0.15, -0.1) is 0 Å². The van der Waals surface area contributed by atoms with E-state index in [9.17, 15) is 0 Å². The third kappa shape index (κ3) is 4.49. The molecule has 5 rings (SSSR count). The number of fused-ring (bicyclic) bond motifs is 2. The van der Waals surface area contributed by atoms with Crippen LogP contribution in [0.4, 0.5) is 0 Å². The molecule has 3 aromatic heterocycles. The van der Waals surface area contributed by atoms with Crippen molar-refractivity contribution >= 4 is 21.9 Å². The number of H-pyrrole nitrogens is 2. The van der Waals surface area contributed by atoms with Crippen LogP contribution in [0.1, 0.15) is 56.6 Å². The van der Waals surface area contributed by atoms with Gasteiger partial charge in [0.05, 0.1) is 11.9 Å². The molecule has 6 heteroatoms. The summed E-state index contributed by atoms with van der Waals surface area (Å²) in [5.74, 6) is 1.77. The third-order valence-corrected chi connectivity index (χ3v) is 7.37. The van der Waals surface area contributed by atoms with Crippen molar-refractivity contribution in [2.24, 2.45) is 5.92 Å². The Balaban J connectivity index is 1.41. The van der Waals surface area contributed by atoms with E-state index in [0.717, 1.165) is 17.6 Å². The van der Waals surface area contributed by atoms with Gasteiger partial charge in [-0.25, -0.2) is 4.98 Å². The summed E-state index contributed by atoms with van der Waals surface area (Å²) in [5.41, 5.74) is 7.29. The Labute approximate surface area is 202 Å². The fourth-order valence-electron chi connectivity index (χ4n) is 5.94. The quantitative estimate of drug-likeness (QED) is 0.378. The summed E-state index contributed by atoms with van der Waals surface area (Å²) in [6.45, 7) is 11.7. The maximum absolute atomic E-state index is 4.43. The number of rotatable bonds is 7. The monoisotopic (exact) mass is 458 g/mol. The van der Waals surface area contributed by atoms with Gasteiger partial charge in [-0.2, -0.15) is 5.10 Å². The molecule has 0 aliphatic carbocycles. The standard InChI is InChI=1S/C28H38N6/c1-18(2)26-23-14-21(20-9-12-34(13-10-20)17-19(3)16-33(4)5)6-7-25(23)31-27(26)22-8-11-29-28-24(22)15-30-32-28/h6-8,11,14-15,18-20,31H,9-10,12-13,16-17H2,1-5H3,(H,29,30,32). The van der Waals surface area contributed by atoms with E-state index in [1.54, 1.807) is 0 Å². The minimum atomic E-state index is 0.411. The van der Waals surface area contributed by atoms with E-state index in [-0.39, 0.29) is 0 Å². The molecule has 1 atom stereocenters. The number of likely N-dealkylation sites (tertiary alicyclic amines) is 1. The lowest BCUT2D eigenvalue weighted by Crippen LogP contribution is -2.38. The molecule has 34 heavy (non-hydrogen) atoms. The predicted octanol–water partition coefficient (Wildman–Crippen LogP) is 5.61. The van der Waals surface area contributed by atoms with Crippen molar-refractivity contribution in [2.75, 3.05) is 40.3 Å². The van der Waals surface area contributed by atoms with Gasteiger partial charge in [-0.05, 0) is 87.1 Å². The first-order chi connectivity index (χ1) is 16.4. The van der Waals surface area contributed by atoms with Crippen LogP contribution in [0.15, 0.2) is 36.7 Å². The Morgan fingerprint density at radius 1 is 1.09 bits per heavy atom. The molecule has 1 unspecified atom stereocenters. The van der Waals surface area contributed by atoms with Crippen molar-refractivity contribution in [3.63, 3.8) is 0 Å². The average Bonchev–Trinajstić information content (AvgIpc) is 3.43. The second kappa shape index (κ2) is 9.51. The first-order valence-corrected chi connectivity index (χ1v) is 12.7. The number of aromatic nitrogens is 4. The van der Waals surface area contributed by atoms with Crippen molar-refractivity contribution in [3.05, 3.63) is 47.8 Å². The van der Waals surface area contributed by atoms with E-state index in [0.29, 0.717) is 17.8 Å². The van der Waals surface area contributed by atoms with Gasteiger partial charge < -0.3 is 14.8 Å². The molecule has 0 bridgehead atoms. The van der Waals surface area contributed by atoms with Gasteiger partial charge in [-0.3, -0.25) is 5.10 Å². The summed E-state index contributed by atoms with van der Waals surface area (Å²) in [5, 5.41) is 9.65. The number of pyridine rings is 1. The minimum absolute atomic E-state index is 0.411. The van der Waals surface area contributed by atoms with E-state index >= 15 is 0 Å². The number of nitrogens with one attached hydrogen (secondary N) is 2. The fourth-order valence-corrected chi connectivity index (χ4v) is 5.94. The second-order valence-electron chi connectivity index (χ2n) is 10.8. The van der Waals surface area contributed by atoms with Gasteiger partial charge in [0.15, 0.2) is 5.65 Å². The Morgan fingerprint density at radius 2 is 1.88 bits per heavy atom. The molecule has 2 N–H and O–H groups in total. The Morgan fingerprint density at radius 3 is 2.62 bits per heavy atom. The molecule has 0 spiro atoms. The summed E-state index contributed by atoms with van der Waals surface area (Å²) in [6.07, 6.45) is 6.24. The number of benzene rings is 1. The Kier molecular flexibility index (Phi) is 6.45. The van der Waals surface area contributed by atoms with Crippen LogP contribution in [0.25, 0.3) is 33.2 Å². The number of hydrogen-bond acceptors (Lipinski definition) is 4. The molecular formula is C28H38N6. The normalized spacial score (nSPS) is 16.9. The highest BCUT2D eigenvalue weighted by Gasteiger charge is 2.24. The lowest BCUT2D eigenvalue weighted by atomic mass is 9.87. The SMILES string of the molecule is CC(CN(C)C)CN1CCC(c2ccc3[nH]c(-c4ccnc5[nH]ncc45)c(C(C)C)c3c2)CC1. The average molecular weight is 459 g/mol. The molecule has 1 saturated heterocycles. The summed E-state index contributed by atoms with van der Waals surface area (Å²) in [7, 11) is 4.34. The van der Waals surface area contributed by atoms with Crippen molar-refractivity contribution < 1.29 is 0 Å². The van der Waals surface area contributed by atoms with Crippen LogP contribution in [0.5, 0.6) is 0 Å². The predicted molar refractivity (Wildman–Crippen MR) is 141 cm³/mol. The molecule has 1 fully saturated rings. The summed E-state index contributed by atoms with van der Waals surface area (Å²) >= 11 is 0. The van der Waals surface area contributed by atoms with Gasteiger partial charge in [0, 0.05) is 41.1 Å². The molecule has 4 aromatic rings. The van der Waals surface area contributed by atoms with Gasteiger partial charge in [-0.1, -0.05) is 26.8 Å². The van der Waals surface area contributed by atoms with E-state index in [1.807, 2.05) is 12.4 Å². The lowest BCUT2D eigenvalue weighted by molar-refractivity contribution is 0.173. The van der Waals surface area contributed by atoms with Gasteiger partial charge in [0.25, 0.3) is 0 Å². The van der Waals surface area contributed by atoms with Crippen LogP contribution >= 0.6 is 0 Å². The zero-order chi connectivity index (χ0) is 23.8. The van der Waals surface area contributed by atoms with E-state index in [1.165, 1.54) is 65.8 Å². The van der Waals surface area contributed by atoms with Gasteiger partial charge in [0.2, 0.25) is 0 Å². The number of hydrogen-bond donors (Lipinski definition) is 2. The Hall–Kier alpha value is -2.70.